The smallest absolute Gasteiger partial charge is 0.276 e. The molecule has 0 aliphatic rings. The van der Waals surface area contributed by atoms with Gasteiger partial charge in [0.15, 0.2) is 13.2 Å². The van der Waals surface area contributed by atoms with Crippen LogP contribution >= 0.6 is 55.1 Å². The molecule has 0 aliphatic carbocycles. The molecule has 0 aromatic heterocycles. The highest BCUT2D eigenvalue weighted by Crippen LogP contribution is 2.28. The van der Waals surface area contributed by atoms with Crippen LogP contribution in [0.4, 0.5) is 0 Å². The van der Waals surface area contributed by atoms with Crippen molar-refractivity contribution in [1.29, 1.82) is 0 Å². The highest BCUT2D eigenvalue weighted by atomic mass is 79.9. The molecule has 2 rings (SSSR count). The van der Waals surface area contributed by atoms with Gasteiger partial charge in [0.2, 0.25) is 0 Å². The second kappa shape index (κ2) is 10.0. The summed E-state index contributed by atoms with van der Waals surface area (Å²) in [5, 5.41) is 0.893. The van der Waals surface area contributed by atoms with Crippen LogP contribution in [0, 0.1) is 0 Å². The fourth-order valence-corrected chi connectivity index (χ4v) is 3.21. The molecule has 2 aromatic rings. The molecule has 0 saturated carbocycles. The Balaban J connectivity index is 1.72. The lowest BCUT2D eigenvalue weighted by molar-refractivity contribution is -0.131. The maximum Gasteiger partial charge on any atom is 0.276 e. The number of halogens is 4. The van der Waals surface area contributed by atoms with Crippen LogP contribution in [-0.2, 0) is 9.59 Å². The molecule has 6 nitrogen and oxygen atoms in total. The highest BCUT2D eigenvalue weighted by Gasteiger charge is 2.09. The lowest BCUT2D eigenvalue weighted by Gasteiger charge is -2.11. The molecular formula is C16H12Br2Cl2N2O4. The van der Waals surface area contributed by atoms with Crippen LogP contribution in [0.1, 0.15) is 0 Å². The molecule has 0 unspecified atom stereocenters. The van der Waals surface area contributed by atoms with E-state index in [0.29, 0.717) is 26.0 Å². The fourth-order valence-electron chi connectivity index (χ4n) is 1.68. The van der Waals surface area contributed by atoms with Crippen LogP contribution in [0.3, 0.4) is 0 Å². The van der Waals surface area contributed by atoms with Gasteiger partial charge < -0.3 is 9.47 Å². The Bertz CT molecular complexity index is 753. The predicted molar refractivity (Wildman–Crippen MR) is 106 cm³/mol. The number of rotatable bonds is 6. The van der Waals surface area contributed by atoms with E-state index in [9.17, 15) is 9.59 Å². The van der Waals surface area contributed by atoms with Gasteiger partial charge in [0.1, 0.15) is 11.5 Å². The zero-order chi connectivity index (χ0) is 19.1. The SMILES string of the molecule is O=C(COc1ccc(Br)cc1Cl)NNC(=O)COc1ccc(Cl)cc1Br. The van der Waals surface area contributed by atoms with E-state index in [4.69, 9.17) is 32.7 Å². The quantitative estimate of drug-likeness (QED) is 0.555. The van der Waals surface area contributed by atoms with Crippen LogP contribution in [-0.4, -0.2) is 25.0 Å². The number of carbonyl (C=O) groups excluding carboxylic acids is 2. The van der Waals surface area contributed by atoms with Gasteiger partial charge >= 0.3 is 0 Å². The molecule has 0 atom stereocenters. The molecule has 0 spiro atoms. The molecule has 0 saturated heterocycles. The third-order valence-electron chi connectivity index (χ3n) is 2.85. The highest BCUT2D eigenvalue weighted by molar-refractivity contribution is 9.10. The van der Waals surface area contributed by atoms with Gasteiger partial charge in [0.25, 0.3) is 11.8 Å². The summed E-state index contributed by atoms with van der Waals surface area (Å²) in [6, 6.07) is 9.88. The van der Waals surface area contributed by atoms with Gasteiger partial charge in [-0.05, 0) is 52.3 Å². The molecule has 138 valence electrons. The molecule has 0 fully saturated rings. The third-order valence-corrected chi connectivity index (χ3v) is 4.49. The number of nitrogens with one attached hydrogen (secondary N) is 2. The summed E-state index contributed by atoms with van der Waals surface area (Å²) >= 11 is 18.3. The molecule has 0 aliphatic heterocycles. The number of carbonyl (C=O) groups is 2. The van der Waals surface area contributed by atoms with E-state index in [0.717, 1.165) is 4.47 Å². The summed E-state index contributed by atoms with van der Waals surface area (Å²) in [6.45, 7) is -0.606. The number of benzene rings is 2. The number of hydrazine groups is 1. The second-order valence-corrected chi connectivity index (χ2v) is 7.44. The van der Waals surface area contributed by atoms with Crippen molar-refractivity contribution in [2.45, 2.75) is 0 Å². The Kier molecular flexibility index (Phi) is 8.02. The average Bonchev–Trinajstić information content (AvgIpc) is 2.58. The van der Waals surface area contributed by atoms with E-state index in [1.807, 2.05) is 0 Å². The second-order valence-electron chi connectivity index (χ2n) is 4.82. The van der Waals surface area contributed by atoms with Crippen LogP contribution in [0.15, 0.2) is 45.3 Å². The first-order chi connectivity index (χ1) is 12.3. The summed E-state index contributed by atoms with van der Waals surface area (Å²) in [5.41, 5.74) is 4.43. The van der Waals surface area contributed by atoms with Gasteiger partial charge in [-0.15, -0.1) is 0 Å². The Labute approximate surface area is 176 Å². The molecule has 2 amide bonds. The molecule has 0 bridgehead atoms. The van der Waals surface area contributed by atoms with Gasteiger partial charge in [0.05, 0.1) is 9.50 Å². The van der Waals surface area contributed by atoms with Crippen molar-refractivity contribution < 1.29 is 19.1 Å². The third kappa shape index (κ3) is 6.68. The van der Waals surface area contributed by atoms with Crippen molar-refractivity contribution in [2.24, 2.45) is 0 Å². The van der Waals surface area contributed by atoms with Gasteiger partial charge in [-0.2, -0.15) is 0 Å². The number of ether oxygens (including phenoxy) is 2. The lowest BCUT2D eigenvalue weighted by atomic mass is 10.3. The van der Waals surface area contributed by atoms with Crippen LogP contribution < -0.4 is 20.3 Å². The zero-order valence-electron chi connectivity index (χ0n) is 13.0. The first-order valence-electron chi connectivity index (χ1n) is 7.08. The van der Waals surface area contributed by atoms with E-state index in [1.54, 1.807) is 36.4 Å². The van der Waals surface area contributed by atoms with Gasteiger partial charge in [-0.3, -0.25) is 20.4 Å². The van der Waals surface area contributed by atoms with Gasteiger partial charge in [0, 0.05) is 9.50 Å². The minimum absolute atomic E-state index is 0.292. The van der Waals surface area contributed by atoms with Crippen molar-refractivity contribution in [1.82, 2.24) is 10.9 Å². The number of amides is 2. The van der Waals surface area contributed by atoms with E-state index in [-0.39, 0.29) is 13.2 Å². The Hall–Kier alpha value is -1.48. The molecule has 26 heavy (non-hydrogen) atoms. The molecule has 0 radical (unpaired) electrons. The van der Waals surface area contributed by atoms with Crippen LogP contribution in [0.25, 0.3) is 0 Å². The molecular weight excluding hydrogens is 515 g/mol. The summed E-state index contributed by atoms with van der Waals surface area (Å²) in [5.74, 6) is -0.289. The van der Waals surface area contributed by atoms with Crippen molar-refractivity contribution in [3.63, 3.8) is 0 Å². The van der Waals surface area contributed by atoms with E-state index in [1.165, 1.54) is 0 Å². The molecule has 0 heterocycles. The topological polar surface area (TPSA) is 76.7 Å². The lowest BCUT2D eigenvalue weighted by Crippen LogP contribution is -2.45. The van der Waals surface area contributed by atoms with E-state index in [2.05, 4.69) is 42.7 Å². The Morgan fingerprint density at radius 2 is 1.46 bits per heavy atom. The zero-order valence-corrected chi connectivity index (χ0v) is 17.7. The summed E-state index contributed by atoms with van der Waals surface area (Å²) in [4.78, 5) is 23.4. The minimum atomic E-state index is -0.551. The molecule has 10 heteroatoms. The number of hydrogen-bond acceptors (Lipinski definition) is 4. The van der Waals surface area contributed by atoms with Crippen molar-refractivity contribution in [3.05, 3.63) is 55.4 Å². The van der Waals surface area contributed by atoms with Crippen LogP contribution in [0.5, 0.6) is 11.5 Å². The fraction of sp³-hybridized carbons (Fsp3) is 0.125. The summed E-state index contributed by atoms with van der Waals surface area (Å²) in [7, 11) is 0. The standard InChI is InChI=1S/C16H12Br2Cl2N2O4/c17-9-1-3-14(12(20)5-9)26-8-16(24)22-21-15(23)7-25-13-4-2-10(19)6-11(13)18/h1-6H,7-8H2,(H,21,23)(H,22,24). The first kappa shape index (κ1) is 20.8. The maximum atomic E-state index is 11.7. The predicted octanol–water partition coefficient (Wildman–Crippen LogP) is 4.12. The summed E-state index contributed by atoms with van der Waals surface area (Å²) < 4.78 is 12.0. The van der Waals surface area contributed by atoms with Gasteiger partial charge in [-0.25, -0.2) is 0 Å². The molecule has 2 aromatic carbocycles. The monoisotopic (exact) mass is 524 g/mol. The molecule has 2 N–H and O–H groups in total. The minimum Gasteiger partial charge on any atom is -0.483 e. The first-order valence-corrected chi connectivity index (χ1v) is 9.42. The Morgan fingerprint density at radius 1 is 0.885 bits per heavy atom. The van der Waals surface area contributed by atoms with E-state index < -0.39 is 11.8 Å². The largest absolute Gasteiger partial charge is 0.483 e. The van der Waals surface area contributed by atoms with E-state index >= 15 is 0 Å². The van der Waals surface area contributed by atoms with Gasteiger partial charge in [-0.1, -0.05) is 39.1 Å². The average molecular weight is 527 g/mol. The normalized spacial score (nSPS) is 10.2. The maximum absolute atomic E-state index is 11.7. The van der Waals surface area contributed by atoms with Crippen LogP contribution in [0.2, 0.25) is 10.0 Å². The summed E-state index contributed by atoms with van der Waals surface area (Å²) in [6.07, 6.45) is 0. The van der Waals surface area contributed by atoms with Crippen molar-refractivity contribution in [3.8, 4) is 11.5 Å². The van der Waals surface area contributed by atoms with Crippen molar-refractivity contribution >= 4 is 66.9 Å². The number of hydrogen-bond donors (Lipinski definition) is 2. The van der Waals surface area contributed by atoms with Crippen molar-refractivity contribution in [2.75, 3.05) is 13.2 Å². The Morgan fingerprint density at radius 3 is 2.04 bits per heavy atom.